The predicted octanol–water partition coefficient (Wildman–Crippen LogP) is 1.57. The lowest BCUT2D eigenvalue weighted by atomic mass is 10.2. The molecule has 0 aliphatic rings. The number of pyridine rings is 1. The third-order valence-corrected chi connectivity index (χ3v) is 2.72. The number of carbonyl (C=O) groups excluding carboxylic acids is 1. The van der Waals surface area contributed by atoms with E-state index in [1.165, 1.54) is 11.8 Å². The molecule has 1 heterocycles. The average Bonchev–Trinajstić information content (AvgIpc) is 2.29. The van der Waals surface area contributed by atoms with Crippen LogP contribution in [0.25, 0.3) is 0 Å². The Morgan fingerprint density at radius 1 is 1.69 bits per heavy atom. The lowest BCUT2D eigenvalue weighted by Gasteiger charge is -2.13. The molecule has 0 saturated carbocycles. The van der Waals surface area contributed by atoms with Crippen molar-refractivity contribution in [2.75, 3.05) is 20.0 Å². The third-order valence-electron chi connectivity index (χ3n) is 2.00. The molecule has 1 atom stereocenters. The van der Waals surface area contributed by atoms with E-state index in [0.717, 1.165) is 5.03 Å². The van der Waals surface area contributed by atoms with Crippen LogP contribution < -0.4 is 5.32 Å². The minimum atomic E-state index is -0.109. The van der Waals surface area contributed by atoms with Gasteiger partial charge in [0.1, 0.15) is 5.03 Å². The summed E-state index contributed by atoms with van der Waals surface area (Å²) >= 11 is 1.46. The van der Waals surface area contributed by atoms with Crippen molar-refractivity contribution in [3.05, 3.63) is 23.9 Å². The lowest BCUT2D eigenvalue weighted by molar-refractivity contribution is 0.0902. The van der Waals surface area contributed by atoms with Crippen LogP contribution in [-0.2, 0) is 4.74 Å². The number of amides is 1. The Morgan fingerprint density at radius 2 is 2.44 bits per heavy atom. The van der Waals surface area contributed by atoms with Crippen molar-refractivity contribution in [2.24, 2.45) is 0 Å². The van der Waals surface area contributed by atoms with Crippen molar-refractivity contribution in [1.82, 2.24) is 10.3 Å². The molecule has 0 saturated heterocycles. The fourth-order valence-corrected chi connectivity index (χ4v) is 1.87. The molecule has 5 heteroatoms. The minimum absolute atomic E-state index is 0.00703. The average molecular weight is 240 g/mol. The summed E-state index contributed by atoms with van der Waals surface area (Å²) in [6.07, 6.45) is 3.58. The molecule has 16 heavy (non-hydrogen) atoms. The maximum absolute atomic E-state index is 11.9. The van der Waals surface area contributed by atoms with E-state index >= 15 is 0 Å². The number of nitrogens with zero attached hydrogens (tertiary/aromatic N) is 1. The summed E-state index contributed by atoms with van der Waals surface area (Å²) in [5.41, 5.74) is 0.609. The summed E-state index contributed by atoms with van der Waals surface area (Å²) < 4.78 is 4.96. The zero-order valence-electron chi connectivity index (χ0n) is 9.69. The highest BCUT2D eigenvalue weighted by atomic mass is 32.2. The Kier molecular flexibility index (Phi) is 5.28. The fourth-order valence-electron chi connectivity index (χ4n) is 1.32. The van der Waals surface area contributed by atoms with Gasteiger partial charge in [0.2, 0.25) is 0 Å². The first kappa shape index (κ1) is 13.0. The molecule has 1 aromatic heterocycles. The predicted molar refractivity (Wildman–Crippen MR) is 64.8 cm³/mol. The topological polar surface area (TPSA) is 51.2 Å². The monoisotopic (exact) mass is 240 g/mol. The first-order valence-corrected chi connectivity index (χ1v) is 6.20. The molecular weight excluding hydrogens is 224 g/mol. The maximum atomic E-state index is 11.9. The van der Waals surface area contributed by atoms with E-state index in [9.17, 15) is 4.79 Å². The van der Waals surface area contributed by atoms with Gasteiger partial charge in [0.05, 0.1) is 12.2 Å². The summed E-state index contributed by atoms with van der Waals surface area (Å²) in [5, 5.41) is 3.59. The molecular formula is C11H16N2O2S. The van der Waals surface area contributed by atoms with Crippen LogP contribution >= 0.6 is 11.8 Å². The summed E-state index contributed by atoms with van der Waals surface area (Å²) in [7, 11) is 1.61. The largest absolute Gasteiger partial charge is 0.383 e. The molecule has 1 rings (SSSR count). The van der Waals surface area contributed by atoms with Gasteiger partial charge in [-0.15, -0.1) is 11.8 Å². The second kappa shape index (κ2) is 6.50. The Labute approximate surface area is 99.8 Å². The van der Waals surface area contributed by atoms with Gasteiger partial charge in [-0.2, -0.15) is 0 Å². The van der Waals surface area contributed by atoms with Crippen molar-refractivity contribution >= 4 is 17.7 Å². The Bertz CT molecular complexity index is 358. The first-order chi connectivity index (χ1) is 7.69. The molecule has 1 aromatic rings. The number of ether oxygens (including phenoxy) is 1. The summed E-state index contributed by atoms with van der Waals surface area (Å²) in [5.74, 6) is -0.109. The quantitative estimate of drug-likeness (QED) is 0.794. The van der Waals surface area contributed by atoms with Crippen LogP contribution in [-0.4, -0.2) is 36.9 Å². The zero-order chi connectivity index (χ0) is 12.0. The second-order valence-electron chi connectivity index (χ2n) is 3.39. The van der Waals surface area contributed by atoms with Gasteiger partial charge in [0, 0.05) is 19.3 Å². The highest BCUT2D eigenvalue weighted by Crippen LogP contribution is 2.16. The van der Waals surface area contributed by atoms with Crippen LogP contribution in [0.3, 0.4) is 0 Å². The Morgan fingerprint density at radius 3 is 3.06 bits per heavy atom. The normalized spacial score (nSPS) is 12.2. The van der Waals surface area contributed by atoms with Crippen LogP contribution in [0.2, 0.25) is 0 Å². The van der Waals surface area contributed by atoms with Crippen molar-refractivity contribution in [2.45, 2.75) is 18.0 Å². The smallest absolute Gasteiger partial charge is 0.254 e. The highest BCUT2D eigenvalue weighted by Gasteiger charge is 2.13. The highest BCUT2D eigenvalue weighted by molar-refractivity contribution is 7.98. The van der Waals surface area contributed by atoms with Gasteiger partial charge in [0.25, 0.3) is 5.91 Å². The molecule has 0 aromatic carbocycles. The van der Waals surface area contributed by atoms with E-state index in [0.29, 0.717) is 12.2 Å². The number of methoxy groups -OCH3 is 1. The SMILES string of the molecule is COCC(C)NC(=O)c1cccnc1SC. The van der Waals surface area contributed by atoms with Crippen LogP contribution in [0.15, 0.2) is 23.4 Å². The molecule has 4 nitrogen and oxygen atoms in total. The molecule has 1 N–H and O–H groups in total. The fraction of sp³-hybridized carbons (Fsp3) is 0.455. The van der Waals surface area contributed by atoms with Crippen LogP contribution in [0.5, 0.6) is 0 Å². The van der Waals surface area contributed by atoms with Crippen molar-refractivity contribution in [3.8, 4) is 0 Å². The Hall–Kier alpha value is -1.07. The van der Waals surface area contributed by atoms with Crippen molar-refractivity contribution in [1.29, 1.82) is 0 Å². The van der Waals surface area contributed by atoms with Gasteiger partial charge in [-0.25, -0.2) is 4.98 Å². The van der Waals surface area contributed by atoms with E-state index < -0.39 is 0 Å². The van der Waals surface area contributed by atoms with Crippen molar-refractivity contribution < 1.29 is 9.53 Å². The number of hydrogen-bond acceptors (Lipinski definition) is 4. The van der Waals surface area contributed by atoms with Crippen molar-refractivity contribution in [3.63, 3.8) is 0 Å². The molecule has 0 fully saturated rings. The second-order valence-corrected chi connectivity index (χ2v) is 4.19. The summed E-state index contributed by atoms with van der Waals surface area (Å²) in [4.78, 5) is 16.0. The van der Waals surface area contributed by atoms with Gasteiger partial charge in [-0.1, -0.05) is 0 Å². The van der Waals surface area contributed by atoms with E-state index in [-0.39, 0.29) is 11.9 Å². The number of hydrogen-bond donors (Lipinski definition) is 1. The van der Waals surface area contributed by atoms with Crippen LogP contribution in [0.1, 0.15) is 17.3 Å². The third kappa shape index (κ3) is 3.50. The van der Waals surface area contributed by atoms with E-state index in [2.05, 4.69) is 10.3 Å². The summed E-state index contributed by atoms with van der Waals surface area (Å²) in [6, 6.07) is 3.52. The number of carbonyl (C=O) groups is 1. The van der Waals surface area contributed by atoms with E-state index in [4.69, 9.17) is 4.74 Å². The lowest BCUT2D eigenvalue weighted by Crippen LogP contribution is -2.35. The number of nitrogens with one attached hydrogen (secondary N) is 1. The number of aromatic nitrogens is 1. The Balaban J connectivity index is 2.72. The van der Waals surface area contributed by atoms with E-state index in [1.807, 2.05) is 13.2 Å². The number of rotatable bonds is 5. The van der Waals surface area contributed by atoms with Gasteiger partial charge in [-0.05, 0) is 25.3 Å². The van der Waals surface area contributed by atoms with Crippen LogP contribution in [0, 0.1) is 0 Å². The minimum Gasteiger partial charge on any atom is -0.383 e. The molecule has 1 unspecified atom stereocenters. The number of thioether (sulfide) groups is 1. The maximum Gasteiger partial charge on any atom is 0.254 e. The molecule has 0 aliphatic heterocycles. The van der Waals surface area contributed by atoms with Gasteiger partial charge in [0.15, 0.2) is 0 Å². The molecule has 0 bridgehead atoms. The molecule has 0 spiro atoms. The van der Waals surface area contributed by atoms with Gasteiger partial charge < -0.3 is 10.1 Å². The first-order valence-electron chi connectivity index (χ1n) is 4.97. The molecule has 0 radical (unpaired) electrons. The standard InChI is InChI=1S/C11H16N2O2S/c1-8(7-15-2)13-10(14)9-5-4-6-12-11(9)16-3/h4-6,8H,7H2,1-3H3,(H,13,14). The molecule has 0 aliphatic carbocycles. The van der Waals surface area contributed by atoms with Gasteiger partial charge in [-0.3, -0.25) is 4.79 Å². The zero-order valence-corrected chi connectivity index (χ0v) is 10.5. The molecule has 1 amide bonds. The van der Waals surface area contributed by atoms with Crippen LogP contribution in [0.4, 0.5) is 0 Å². The summed E-state index contributed by atoms with van der Waals surface area (Å²) in [6.45, 7) is 2.40. The van der Waals surface area contributed by atoms with Gasteiger partial charge >= 0.3 is 0 Å². The molecule has 88 valence electrons. The van der Waals surface area contributed by atoms with E-state index in [1.54, 1.807) is 25.4 Å².